The van der Waals surface area contributed by atoms with E-state index in [-0.39, 0.29) is 10.9 Å². The van der Waals surface area contributed by atoms with Crippen LogP contribution in [-0.4, -0.2) is 53.7 Å². The summed E-state index contributed by atoms with van der Waals surface area (Å²) < 4.78 is 23.7. The molecule has 8 nitrogen and oxygen atoms in total. The average molecular weight is 384 g/mol. The maximum Gasteiger partial charge on any atom is 0.225 e. The molecule has 27 heavy (non-hydrogen) atoms. The van der Waals surface area contributed by atoms with Gasteiger partial charge in [0, 0.05) is 43.2 Å². The molecule has 3 heterocycles. The SMILES string of the molecule is CS(=O)(=O)c1ccc2ncnc(NC3CCN(c4ncccn4)CC3)c2c1. The molecule has 1 aliphatic rings. The van der Waals surface area contributed by atoms with Crippen LogP contribution in [0.4, 0.5) is 11.8 Å². The highest BCUT2D eigenvalue weighted by atomic mass is 32.2. The van der Waals surface area contributed by atoms with Gasteiger partial charge in [-0.1, -0.05) is 0 Å². The molecule has 2 aromatic heterocycles. The average Bonchev–Trinajstić information content (AvgIpc) is 2.68. The molecule has 1 N–H and O–H groups in total. The maximum absolute atomic E-state index is 11.9. The van der Waals surface area contributed by atoms with Crippen LogP contribution in [0.5, 0.6) is 0 Å². The molecule has 4 rings (SSSR count). The number of nitrogens with one attached hydrogen (secondary N) is 1. The Morgan fingerprint density at radius 3 is 2.52 bits per heavy atom. The number of rotatable bonds is 4. The third-order valence-electron chi connectivity index (χ3n) is 4.71. The molecule has 1 aromatic carbocycles. The van der Waals surface area contributed by atoms with Gasteiger partial charge < -0.3 is 10.2 Å². The van der Waals surface area contributed by atoms with Gasteiger partial charge in [0.05, 0.1) is 10.4 Å². The van der Waals surface area contributed by atoms with Crippen LogP contribution in [0.25, 0.3) is 10.9 Å². The normalized spacial score (nSPS) is 15.8. The summed E-state index contributed by atoms with van der Waals surface area (Å²) in [5.41, 5.74) is 0.718. The molecule has 0 aliphatic carbocycles. The molecule has 0 atom stereocenters. The van der Waals surface area contributed by atoms with Gasteiger partial charge >= 0.3 is 0 Å². The van der Waals surface area contributed by atoms with Gasteiger partial charge in [-0.25, -0.2) is 28.4 Å². The van der Waals surface area contributed by atoms with E-state index in [1.165, 1.54) is 12.6 Å². The summed E-state index contributed by atoms with van der Waals surface area (Å²) in [6, 6.07) is 6.98. The summed E-state index contributed by atoms with van der Waals surface area (Å²) in [5.74, 6) is 1.42. The van der Waals surface area contributed by atoms with E-state index >= 15 is 0 Å². The number of fused-ring (bicyclic) bond motifs is 1. The number of piperidine rings is 1. The van der Waals surface area contributed by atoms with E-state index in [0.29, 0.717) is 11.2 Å². The van der Waals surface area contributed by atoms with Gasteiger partial charge in [-0.3, -0.25) is 0 Å². The van der Waals surface area contributed by atoms with Crippen molar-refractivity contribution in [3.05, 3.63) is 43.0 Å². The van der Waals surface area contributed by atoms with Crippen LogP contribution in [0, 0.1) is 0 Å². The second-order valence-electron chi connectivity index (χ2n) is 6.63. The van der Waals surface area contributed by atoms with Gasteiger partial charge in [-0.05, 0) is 37.1 Å². The third-order valence-corrected chi connectivity index (χ3v) is 5.82. The molecule has 140 valence electrons. The van der Waals surface area contributed by atoms with Crippen molar-refractivity contribution >= 4 is 32.5 Å². The molecule has 0 bridgehead atoms. The predicted octanol–water partition coefficient (Wildman–Crippen LogP) is 1.90. The number of hydrogen-bond donors (Lipinski definition) is 1. The van der Waals surface area contributed by atoms with E-state index in [1.807, 2.05) is 6.07 Å². The third kappa shape index (κ3) is 3.82. The van der Waals surface area contributed by atoms with E-state index in [0.717, 1.165) is 37.4 Å². The summed E-state index contributed by atoms with van der Waals surface area (Å²) in [4.78, 5) is 19.6. The Bertz CT molecular complexity index is 1050. The van der Waals surface area contributed by atoms with Crippen molar-refractivity contribution in [3.63, 3.8) is 0 Å². The summed E-state index contributed by atoms with van der Waals surface area (Å²) in [6.07, 6.45) is 8.02. The zero-order valence-electron chi connectivity index (χ0n) is 14.9. The number of hydrogen-bond acceptors (Lipinski definition) is 8. The first kappa shape index (κ1) is 17.6. The molecule has 0 radical (unpaired) electrons. The van der Waals surface area contributed by atoms with Gasteiger partial charge in [0.15, 0.2) is 9.84 Å². The Labute approximate surface area is 157 Å². The standard InChI is InChI=1S/C18H20N6O2S/c1-27(25,26)14-3-4-16-15(11-14)17(22-12-21-16)23-13-5-9-24(10-6-13)18-19-7-2-8-20-18/h2-4,7-8,11-13H,5-6,9-10H2,1H3,(H,21,22,23). The molecule has 1 fully saturated rings. The number of sulfone groups is 1. The highest BCUT2D eigenvalue weighted by Gasteiger charge is 2.22. The molecule has 1 saturated heterocycles. The second-order valence-corrected chi connectivity index (χ2v) is 8.64. The molecule has 0 amide bonds. The van der Waals surface area contributed by atoms with Crippen LogP contribution in [0.15, 0.2) is 47.9 Å². The Morgan fingerprint density at radius 1 is 1.07 bits per heavy atom. The molecule has 0 spiro atoms. The van der Waals surface area contributed by atoms with Crippen LogP contribution in [0.1, 0.15) is 12.8 Å². The largest absolute Gasteiger partial charge is 0.367 e. The zero-order chi connectivity index (χ0) is 18.9. The molecule has 0 unspecified atom stereocenters. The minimum atomic E-state index is -3.29. The molecular formula is C18H20N6O2S. The summed E-state index contributed by atoms with van der Waals surface area (Å²) >= 11 is 0. The lowest BCUT2D eigenvalue weighted by atomic mass is 10.1. The number of nitrogens with zero attached hydrogens (tertiary/aromatic N) is 5. The Morgan fingerprint density at radius 2 is 1.81 bits per heavy atom. The van der Waals surface area contributed by atoms with E-state index in [2.05, 4.69) is 30.2 Å². The van der Waals surface area contributed by atoms with Crippen molar-refractivity contribution in [3.8, 4) is 0 Å². The first-order chi connectivity index (χ1) is 13.0. The highest BCUT2D eigenvalue weighted by Crippen LogP contribution is 2.25. The van der Waals surface area contributed by atoms with Gasteiger partial charge in [0.2, 0.25) is 5.95 Å². The number of aromatic nitrogens is 4. The van der Waals surface area contributed by atoms with Crippen LogP contribution in [0.3, 0.4) is 0 Å². The molecule has 0 saturated carbocycles. The lowest BCUT2D eigenvalue weighted by molar-refractivity contribution is 0.519. The van der Waals surface area contributed by atoms with Crippen molar-refractivity contribution in [2.75, 3.05) is 29.6 Å². The molecule has 1 aliphatic heterocycles. The van der Waals surface area contributed by atoms with Gasteiger partial charge in [-0.15, -0.1) is 0 Å². The fourth-order valence-electron chi connectivity index (χ4n) is 3.25. The van der Waals surface area contributed by atoms with E-state index in [1.54, 1.807) is 30.6 Å². The Kier molecular flexibility index (Phi) is 4.61. The topological polar surface area (TPSA) is 101 Å². The minimum absolute atomic E-state index is 0.241. The van der Waals surface area contributed by atoms with Crippen LogP contribution in [-0.2, 0) is 9.84 Å². The Balaban J connectivity index is 1.52. The van der Waals surface area contributed by atoms with Crippen LogP contribution in [0.2, 0.25) is 0 Å². The van der Waals surface area contributed by atoms with E-state index < -0.39 is 9.84 Å². The molecular weight excluding hydrogens is 364 g/mol. The lowest BCUT2D eigenvalue weighted by Crippen LogP contribution is -2.40. The van der Waals surface area contributed by atoms with E-state index in [4.69, 9.17) is 0 Å². The van der Waals surface area contributed by atoms with Crippen LogP contribution >= 0.6 is 0 Å². The first-order valence-electron chi connectivity index (χ1n) is 8.74. The summed E-state index contributed by atoms with van der Waals surface area (Å²) in [7, 11) is -3.29. The Hall–Kier alpha value is -2.81. The summed E-state index contributed by atoms with van der Waals surface area (Å²) in [6.45, 7) is 1.69. The smallest absolute Gasteiger partial charge is 0.225 e. The van der Waals surface area contributed by atoms with Crippen LogP contribution < -0.4 is 10.2 Å². The monoisotopic (exact) mass is 384 g/mol. The lowest BCUT2D eigenvalue weighted by Gasteiger charge is -2.32. The number of benzene rings is 1. The fraction of sp³-hybridized carbons (Fsp3) is 0.333. The van der Waals surface area contributed by atoms with Crippen molar-refractivity contribution in [2.24, 2.45) is 0 Å². The van der Waals surface area contributed by atoms with Gasteiger partial charge in [0.25, 0.3) is 0 Å². The zero-order valence-corrected chi connectivity index (χ0v) is 15.7. The van der Waals surface area contributed by atoms with Crippen molar-refractivity contribution < 1.29 is 8.42 Å². The quantitative estimate of drug-likeness (QED) is 0.728. The van der Waals surface area contributed by atoms with Gasteiger partial charge in [0.1, 0.15) is 12.1 Å². The van der Waals surface area contributed by atoms with Crippen molar-refractivity contribution in [1.82, 2.24) is 19.9 Å². The van der Waals surface area contributed by atoms with E-state index in [9.17, 15) is 8.42 Å². The molecule has 3 aromatic rings. The highest BCUT2D eigenvalue weighted by molar-refractivity contribution is 7.90. The summed E-state index contributed by atoms with van der Waals surface area (Å²) in [5, 5.41) is 4.18. The fourth-order valence-corrected chi connectivity index (χ4v) is 3.90. The predicted molar refractivity (Wildman–Crippen MR) is 104 cm³/mol. The van der Waals surface area contributed by atoms with Crippen molar-refractivity contribution in [2.45, 2.75) is 23.8 Å². The second kappa shape index (κ2) is 7.07. The van der Waals surface area contributed by atoms with Gasteiger partial charge in [-0.2, -0.15) is 0 Å². The molecule has 9 heteroatoms. The first-order valence-corrected chi connectivity index (χ1v) is 10.6. The van der Waals surface area contributed by atoms with Crippen molar-refractivity contribution in [1.29, 1.82) is 0 Å². The number of anilines is 2. The minimum Gasteiger partial charge on any atom is -0.367 e. The maximum atomic E-state index is 11.9.